The van der Waals surface area contributed by atoms with Gasteiger partial charge in [0.2, 0.25) is 5.91 Å². The summed E-state index contributed by atoms with van der Waals surface area (Å²) in [5, 5.41) is 5.61. The van der Waals surface area contributed by atoms with Gasteiger partial charge in [0.25, 0.3) is 0 Å². The van der Waals surface area contributed by atoms with Crippen molar-refractivity contribution < 1.29 is 9.53 Å². The van der Waals surface area contributed by atoms with Crippen molar-refractivity contribution in [1.82, 2.24) is 9.97 Å². The van der Waals surface area contributed by atoms with Crippen LogP contribution in [0.2, 0.25) is 0 Å². The van der Waals surface area contributed by atoms with Crippen LogP contribution in [0.25, 0.3) is 22.0 Å². The minimum atomic E-state index is 0.0156. The fraction of sp³-hybridized carbons (Fsp3) is 0.174. The number of ether oxygens (including phenoxy) is 1. The number of hydrogen-bond acceptors (Lipinski definition) is 6. The molecule has 1 amide bonds. The second-order valence-corrected chi connectivity index (χ2v) is 8.87. The number of aryl methyl sites for hydroxylation is 1. The fourth-order valence-electron chi connectivity index (χ4n) is 3.47. The molecule has 2 aromatic heterocycles. The van der Waals surface area contributed by atoms with Gasteiger partial charge in [-0.25, -0.2) is 9.97 Å². The third-order valence-corrected chi connectivity index (χ3v) is 6.92. The number of amides is 1. The molecule has 0 spiro atoms. The molecule has 1 aliphatic heterocycles. The Balaban J connectivity index is 1.38. The van der Waals surface area contributed by atoms with E-state index in [2.05, 4.69) is 31.2 Å². The molecule has 0 bridgehead atoms. The van der Waals surface area contributed by atoms with Crippen LogP contribution >= 0.6 is 22.7 Å². The first-order valence-electron chi connectivity index (χ1n) is 9.57. The minimum absolute atomic E-state index is 0.0156. The number of rotatable bonds is 5. The van der Waals surface area contributed by atoms with Crippen LogP contribution in [0.4, 0.5) is 5.13 Å². The van der Waals surface area contributed by atoms with Gasteiger partial charge in [-0.3, -0.25) is 9.69 Å². The van der Waals surface area contributed by atoms with E-state index in [9.17, 15) is 4.79 Å². The largest absolute Gasteiger partial charge is 0.497 e. The van der Waals surface area contributed by atoms with Gasteiger partial charge < -0.3 is 4.74 Å². The van der Waals surface area contributed by atoms with Gasteiger partial charge in [0.15, 0.2) is 5.13 Å². The summed E-state index contributed by atoms with van der Waals surface area (Å²) in [6, 6.07) is 16.2. The van der Waals surface area contributed by atoms with Gasteiger partial charge in [-0.1, -0.05) is 42.0 Å². The Kier molecular flexibility index (Phi) is 4.84. The lowest BCUT2D eigenvalue weighted by atomic mass is 9.94. The number of thiazole rings is 2. The Bertz CT molecular complexity index is 1200. The smallest absolute Gasteiger partial charge is 0.231 e. The van der Waals surface area contributed by atoms with Crippen molar-refractivity contribution in [2.45, 2.75) is 19.4 Å². The van der Waals surface area contributed by atoms with Crippen molar-refractivity contribution in [3.05, 3.63) is 70.4 Å². The highest BCUT2D eigenvalue weighted by molar-refractivity contribution is 7.16. The molecule has 3 heterocycles. The molecule has 4 aromatic rings. The van der Waals surface area contributed by atoms with Crippen molar-refractivity contribution in [2.75, 3.05) is 12.0 Å². The predicted octanol–water partition coefficient (Wildman–Crippen LogP) is 5.73. The summed E-state index contributed by atoms with van der Waals surface area (Å²) < 4.78 is 5.23. The van der Waals surface area contributed by atoms with Crippen molar-refractivity contribution in [1.29, 1.82) is 0 Å². The van der Waals surface area contributed by atoms with Crippen LogP contribution in [0.3, 0.4) is 0 Å². The summed E-state index contributed by atoms with van der Waals surface area (Å²) in [6.07, 6.45) is 0.496. The average molecular weight is 434 g/mol. The molecule has 1 saturated heterocycles. The molecule has 1 fully saturated rings. The normalized spacial score (nSPS) is 15.9. The third-order valence-electron chi connectivity index (χ3n) is 5.22. The SMILES string of the molecule is COc1ccc(C2CC(=O)N2c2nc(-c3nc(-c4ccc(C)cc4)cs3)cs2)cc1. The number of methoxy groups -OCH3 is 1. The van der Waals surface area contributed by atoms with Gasteiger partial charge in [0.1, 0.15) is 16.5 Å². The molecule has 0 saturated carbocycles. The van der Waals surface area contributed by atoms with E-state index in [0.717, 1.165) is 33.3 Å². The first kappa shape index (κ1) is 19.0. The molecule has 1 atom stereocenters. The topological polar surface area (TPSA) is 55.3 Å². The van der Waals surface area contributed by atoms with Crippen LogP contribution in [0, 0.1) is 6.92 Å². The molecule has 30 heavy (non-hydrogen) atoms. The zero-order valence-electron chi connectivity index (χ0n) is 16.5. The van der Waals surface area contributed by atoms with Crippen molar-refractivity contribution >= 4 is 33.7 Å². The van der Waals surface area contributed by atoms with Crippen molar-refractivity contribution in [3.8, 4) is 27.7 Å². The van der Waals surface area contributed by atoms with E-state index in [0.29, 0.717) is 11.6 Å². The molecule has 0 aliphatic carbocycles. The standard InChI is InChI=1S/C23H19N3O2S2/c1-14-3-5-15(6-4-14)18-12-29-22(24-18)19-13-30-23(25-19)26-20(11-21(26)27)16-7-9-17(28-2)10-8-16/h3-10,12-13,20H,11H2,1-2H3. The Labute approximate surface area is 182 Å². The van der Waals surface area contributed by atoms with Crippen LogP contribution in [0.5, 0.6) is 5.75 Å². The molecule has 150 valence electrons. The van der Waals surface area contributed by atoms with Gasteiger partial charge in [-0.05, 0) is 24.6 Å². The number of hydrogen-bond donors (Lipinski definition) is 0. The van der Waals surface area contributed by atoms with Gasteiger partial charge in [-0.2, -0.15) is 0 Å². The fourth-order valence-corrected chi connectivity index (χ4v) is 5.21. The molecule has 5 rings (SSSR count). The predicted molar refractivity (Wildman–Crippen MR) is 121 cm³/mol. The monoisotopic (exact) mass is 433 g/mol. The first-order chi connectivity index (χ1) is 14.6. The molecular weight excluding hydrogens is 414 g/mol. The molecule has 0 radical (unpaired) electrons. The number of carbonyl (C=O) groups excluding carboxylic acids is 1. The van der Waals surface area contributed by atoms with Crippen LogP contribution < -0.4 is 9.64 Å². The molecular formula is C23H19N3O2S2. The van der Waals surface area contributed by atoms with E-state index in [-0.39, 0.29) is 11.9 Å². The summed E-state index contributed by atoms with van der Waals surface area (Å²) in [4.78, 5) is 23.6. The van der Waals surface area contributed by atoms with Crippen LogP contribution in [0.1, 0.15) is 23.6 Å². The van der Waals surface area contributed by atoms with Crippen LogP contribution in [-0.2, 0) is 4.79 Å². The van der Waals surface area contributed by atoms with E-state index in [1.54, 1.807) is 23.3 Å². The highest BCUT2D eigenvalue weighted by atomic mass is 32.1. The summed E-state index contributed by atoms with van der Waals surface area (Å²) in [5.41, 5.74) is 5.16. The van der Waals surface area contributed by atoms with Gasteiger partial charge in [-0.15, -0.1) is 22.7 Å². The molecule has 1 aliphatic rings. The van der Waals surface area contributed by atoms with Crippen LogP contribution in [-0.4, -0.2) is 23.0 Å². The van der Waals surface area contributed by atoms with E-state index < -0.39 is 0 Å². The summed E-state index contributed by atoms with van der Waals surface area (Å²) in [7, 11) is 1.65. The maximum atomic E-state index is 12.4. The zero-order chi connectivity index (χ0) is 20.7. The zero-order valence-corrected chi connectivity index (χ0v) is 18.2. The summed E-state index contributed by atoms with van der Waals surface area (Å²) in [6.45, 7) is 2.07. The van der Waals surface area contributed by atoms with Gasteiger partial charge in [0.05, 0.1) is 25.3 Å². The second kappa shape index (κ2) is 7.66. The maximum Gasteiger partial charge on any atom is 0.231 e. The summed E-state index contributed by atoms with van der Waals surface area (Å²) in [5.74, 6) is 0.900. The Morgan fingerprint density at radius 3 is 2.40 bits per heavy atom. The number of carbonyl (C=O) groups is 1. The molecule has 0 N–H and O–H groups in total. The van der Waals surface area contributed by atoms with E-state index >= 15 is 0 Å². The number of β-lactam (4-membered cyclic amide) rings is 1. The number of benzene rings is 2. The van der Waals surface area contributed by atoms with Crippen LogP contribution in [0.15, 0.2) is 59.3 Å². The highest BCUT2D eigenvalue weighted by Crippen LogP contribution is 2.42. The first-order valence-corrected chi connectivity index (χ1v) is 11.3. The molecule has 2 aromatic carbocycles. The minimum Gasteiger partial charge on any atom is -0.497 e. The Morgan fingerprint density at radius 2 is 1.70 bits per heavy atom. The third kappa shape index (κ3) is 3.40. The van der Waals surface area contributed by atoms with Gasteiger partial charge >= 0.3 is 0 Å². The quantitative estimate of drug-likeness (QED) is 0.377. The Hall–Kier alpha value is -3.03. The van der Waals surface area contributed by atoms with E-state index in [1.807, 2.05) is 35.0 Å². The second-order valence-electron chi connectivity index (χ2n) is 7.18. The van der Waals surface area contributed by atoms with Crippen molar-refractivity contribution in [2.24, 2.45) is 0 Å². The number of nitrogens with zero attached hydrogens (tertiary/aromatic N) is 3. The average Bonchev–Trinajstić information content (AvgIpc) is 3.42. The lowest BCUT2D eigenvalue weighted by Gasteiger charge is -2.38. The molecule has 1 unspecified atom stereocenters. The molecule has 5 nitrogen and oxygen atoms in total. The summed E-state index contributed by atoms with van der Waals surface area (Å²) >= 11 is 3.05. The lowest BCUT2D eigenvalue weighted by Crippen LogP contribution is -2.46. The van der Waals surface area contributed by atoms with Crippen molar-refractivity contribution in [3.63, 3.8) is 0 Å². The van der Waals surface area contributed by atoms with Gasteiger partial charge in [0, 0.05) is 16.3 Å². The lowest BCUT2D eigenvalue weighted by molar-refractivity contribution is -0.124. The Morgan fingerprint density at radius 1 is 0.967 bits per heavy atom. The highest BCUT2D eigenvalue weighted by Gasteiger charge is 2.40. The number of aromatic nitrogens is 2. The maximum absolute atomic E-state index is 12.4. The number of anilines is 1. The molecule has 7 heteroatoms. The van der Waals surface area contributed by atoms with E-state index in [1.165, 1.54) is 16.9 Å². The van der Waals surface area contributed by atoms with E-state index in [4.69, 9.17) is 14.7 Å².